The van der Waals surface area contributed by atoms with Crippen LogP contribution in [0, 0.1) is 6.07 Å². The van der Waals surface area contributed by atoms with Gasteiger partial charge in [-0.1, -0.05) is 22.8 Å². The fraction of sp³-hybridized carbons (Fsp3) is 0.182. The van der Waals surface area contributed by atoms with Crippen molar-refractivity contribution >= 4 is 9.42 Å². The first-order valence-electron chi connectivity index (χ1n) is 5.55. The Hall–Kier alpha value is -1.59. The topological polar surface area (TPSA) is 74.3 Å². The van der Waals surface area contributed by atoms with E-state index in [0.717, 1.165) is 11.1 Å². The maximum atomic E-state index is 4.61. The van der Waals surface area contributed by atoms with E-state index in [1.807, 2.05) is 0 Å². The summed E-state index contributed by atoms with van der Waals surface area (Å²) < 4.78 is 3.46. The van der Waals surface area contributed by atoms with Gasteiger partial charge in [-0.3, -0.25) is 9.36 Å². The molecule has 0 radical (unpaired) electrons. The summed E-state index contributed by atoms with van der Waals surface area (Å²) in [6, 6.07) is 3.28. The molecule has 0 aliphatic heterocycles. The van der Waals surface area contributed by atoms with Gasteiger partial charge in [-0.25, -0.2) is 0 Å². The van der Waals surface area contributed by atoms with E-state index < -0.39 is 0 Å². The minimum absolute atomic E-state index is 0.609. The fourth-order valence-corrected chi connectivity index (χ4v) is 1.63. The average Bonchev–Trinajstić information content (AvgIpc) is 3.15. The number of aromatic nitrogens is 7. The second-order valence-electron chi connectivity index (χ2n) is 3.78. The van der Waals surface area contributed by atoms with Crippen molar-refractivity contribution in [1.82, 2.24) is 35.0 Å². The molecule has 3 aromatic heterocycles. The summed E-state index contributed by atoms with van der Waals surface area (Å²) in [5.41, 5.74) is 1.91. The number of halogens is 1. The molecule has 0 fully saturated rings. The maximum Gasteiger partial charge on any atom is 0.0693 e. The molecule has 0 saturated heterocycles. The van der Waals surface area contributed by atoms with Gasteiger partial charge in [-0.2, -0.15) is 6.07 Å². The van der Waals surface area contributed by atoms with Gasteiger partial charge in [0.2, 0.25) is 0 Å². The van der Waals surface area contributed by atoms with Crippen molar-refractivity contribution < 1.29 is 18.8 Å². The second-order valence-corrected chi connectivity index (χ2v) is 3.78. The van der Waals surface area contributed by atoms with Gasteiger partial charge in [0, 0.05) is 25.5 Å². The number of rotatable bonds is 4. The zero-order valence-corrected chi connectivity index (χ0v) is 13.2. The quantitative estimate of drug-likeness (QED) is 0.529. The van der Waals surface area contributed by atoms with Crippen molar-refractivity contribution in [2.75, 3.05) is 0 Å². The molecular formula is C11H10ClN7Pt. The maximum absolute atomic E-state index is 4.61. The summed E-state index contributed by atoms with van der Waals surface area (Å²) in [5, 5.41) is 15.3. The molecule has 0 atom stereocenters. The van der Waals surface area contributed by atoms with Crippen LogP contribution in [-0.4, -0.2) is 35.0 Å². The van der Waals surface area contributed by atoms with E-state index in [1.165, 1.54) is 0 Å². The molecule has 0 aliphatic rings. The Labute approximate surface area is 130 Å². The summed E-state index contributed by atoms with van der Waals surface area (Å²) >= 11 is 1.61. The molecule has 20 heavy (non-hydrogen) atoms. The van der Waals surface area contributed by atoms with Crippen LogP contribution in [0.1, 0.15) is 11.1 Å². The Morgan fingerprint density at radius 1 is 0.950 bits per heavy atom. The molecule has 0 N–H and O–H groups in total. The van der Waals surface area contributed by atoms with Crippen molar-refractivity contribution in [2.45, 2.75) is 13.1 Å². The van der Waals surface area contributed by atoms with Crippen molar-refractivity contribution in [3.05, 3.63) is 54.4 Å². The molecule has 7 nitrogen and oxygen atoms in total. The summed E-state index contributed by atoms with van der Waals surface area (Å²) in [4.78, 5) is 4.19. The van der Waals surface area contributed by atoms with Gasteiger partial charge in [0.25, 0.3) is 0 Å². The summed E-state index contributed by atoms with van der Waals surface area (Å²) in [6.45, 7) is 1.22. The van der Waals surface area contributed by atoms with Gasteiger partial charge in [0.05, 0.1) is 12.4 Å². The largest absolute Gasteiger partial charge is 0.390 e. The number of pyridine rings is 1. The van der Waals surface area contributed by atoms with Crippen molar-refractivity contribution in [1.29, 1.82) is 0 Å². The zero-order valence-electron chi connectivity index (χ0n) is 10.2. The van der Waals surface area contributed by atoms with Crippen LogP contribution in [0.5, 0.6) is 0 Å². The first-order chi connectivity index (χ1) is 9.90. The van der Waals surface area contributed by atoms with Crippen LogP contribution >= 0.6 is 9.42 Å². The Morgan fingerprint density at radius 3 is 1.85 bits per heavy atom. The van der Waals surface area contributed by atoms with Crippen molar-refractivity contribution in [2.24, 2.45) is 0 Å². The molecule has 0 aromatic carbocycles. The van der Waals surface area contributed by atoms with E-state index in [4.69, 9.17) is 0 Å². The number of hydrogen-bond donors (Lipinski definition) is 0. The third kappa shape index (κ3) is 4.21. The Morgan fingerprint density at radius 2 is 1.45 bits per heavy atom. The summed E-state index contributed by atoms with van der Waals surface area (Å²) in [5.74, 6) is 0. The third-order valence-electron chi connectivity index (χ3n) is 2.39. The predicted molar refractivity (Wildman–Crippen MR) is 67.2 cm³/mol. The molecule has 0 saturated carbocycles. The fourth-order valence-electron chi connectivity index (χ4n) is 1.63. The van der Waals surface area contributed by atoms with Crippen molar-refractivity contribution in [3.63, 3.8) is 0 Å². The smallest absolute Gasteiger partial charge is 0.0693 e. The van der Waals surface area contributed by atoms with Gasteiger partial charge >= 0.3 is 28.2 Å². The Kier molecular flexibility index (Phi) is 5.83. The predicted octanol–water partition coefficient (Wildman–Crippen LogP) is 0.848. The summed E-state index contributed by atoms with van der Waals surface area (Å²) in [6.07, 6.45) is 10.4. The molecule has 106 valence electrons. The molecule has 0 aliphatic carbocycles. The standard InChI is InChI=1S/C11H10N7.ClH.Pt/c1-3-17(15-13-1)8-10-5-11(7-12-6-10)9-18-4-2-14-16-18;;/h1-4,6-7H,8-9H2;1H;/q-1;;+2/p-1. The van der Waals surface area contributed by atoms with Gasteiger partial charge in [-0.15, -0.1) is 21.3 Å². The van der Waals surface area contributed by atoms with E-state index in [2.05, 4.69) is 41.1 Å². The minimum Gasteiger partial charge on any atom is -0.390 e. The van der Waals surface area contributed by atoms with Gasteiger partial charge in [0.15, 0.2) is 0 Å². The van der Waals surface area contributed by atoms with E-state index >= 15 is 0 Å². The first-order valence-corrected chi connectivity index (χ1v) is 8.37. The monoisotopic (exact) mass is 470 g/mol. The van der Waals surface area contributed by atoms with Gasteiger partial charge < -0.3 is 4.98 Å². The van der Waals surface area contributed by atoms with Crippen LogP contribution < -0.4 is 0 Å². The number of nitrogens with zero attached hydrogens (tertiary/aromatic N) is 7. The SMILES string of the molecule is [Cl][Pt+].[c-]1c(Cn2ccnn2)cncc1Cn1ccnn1. The van der Waals surface area contributed by atoms with E-state index in [0.29, 0.717) is 13.1 Å². The first kappa shape index (κ1) is 14.8. The second kappa shape index (κ2) is 7.87. The van der Waals surface area contributed by atoms with E-state index in [-0.39, 0.29) is 0 Å². The molecule has 3 heterocycles. The summed E-state index contributed by atoms with van der Waals surface area (Å²) in [7, 11) is 4.61. The zero-order chi connectivity index (χ0) is 14.2. The molecule has 9 heteroatoms. The van der Waals surface area contributed by atoms with Crippen molar-refractivity contribution in [3.8, 4) is 0 Å². The number of hydrogen-bond acceptors (Lipinski definition) is 5. The van der Waals surface area contributed by atoms with Crippen LogP contribution in [0.25, 0.3) is 0 Å². The van der Waals surface area contributed by atoms with Gasteiger partial charge in [0.1, 0.15) is 0 Å². The molecule has 0 bridgehead atoms. The molecule has 0 spiro atoms. The Balaban J connectivity index is 0.000000704. The average molecular weight is 471 g/mol. The van der Waals surface area contributed by atoms with Crippen LogP contribution in [0.2, 0.25) is 0 Å². The van der Waals surface area contributed by atoms with E-state index in [1.54, 1.807) is 65.3 Å². The molecular weight excluding hydrogens is 461 g/mol. The molecule has 0 amide bonds. The van der Waals surface area contributed by atoms with Crippen LogP contribution in [0.15, 0.2) is 37.2 Å². The third-order valence-corrected chi connectivity index (χ3v) is 2.39. The van der Waals surface area contributed by atoms with Gasteiger partial charge in [-0.05, 0) is 0 Å². The van der Waals surface area contributed by atoms with Crippen LogP contribution in [0.4, 0.5) is 0 Å². The molecule has 0 unspecified atom stereocenters. The molecule has 3 aromatic rings. The van der Waals surface area contributed by atoms with E-state index in [9.17, 15) is 0 Å². The van der Waals surface area contributed by atoms with Crippen LogP contribution in [-0.2, 0) is 31.9 Å². The Bertz CT molecular complexity index is 560. The molecule has 3 rings (SSSR count). The normalized spacial score (nSPS) is 9.95. The minimum atomic E-state index is 0.609. The van der Waals surface area contributed by atoms with Crippen LogP contribution in [0.3, 0.4) is 0 Å².